The highest BCUT2D eigenvalue weighted by molar-refractivity contribution is 5.78. The highest BCUT2D eigenvalue weighted by Crippen LogP contribution is 2.14. The van der Waals surface area contributed by atoms with Gasteiger partial charge in [-0.25, -0.2) is 0 Å². The minimum absolute atomic E-state index is 0.116. The van der Waals surface area contributed by atoms with Crippen LogP contribution < -0.4 is 10.6 Å². The first-order chi connectivity index (χ1) is 9.15. The van der Waals surface area contributed by atoms with Crippen molar-refractivity contribution in [3.8, 4) is 0 Å². The zero-order chi connectivity index (χ0) is 13.7. The largest absolute Gasteiger partial charge is 0.354 e. The summed E-state index contributed by atoms with van der Waals surface area (Å²) in [5.74, 6) is 0.762. The van der Waals surface area contributed by atoms with Crippen molar-refractivity contribution in [2.24, 2.45) is 5.92 Å². The SMILES string of the molecule is Cc1cccc(CC(=O)NC[C@H]2NCCC[C@H]2C)c1. The number of amides is 1. The minimum Gasteiger partial charge on any atom is -0.354 e. The van der Waals surface area contributed by atoms with E-state index in [0.717, 1.165) is 18.7 Å². The minimum atomic E-state index is 0.116. The zero-order valence-electron chi connectivity index (χ0n) is 11.9. The molecule has 104 valence electrons. The molecule has 1 heterocycles. The lowest BCUT2D eigenvalue weighted by atomic mass is 9.93. The Morgan fingerprint density at radius 1 is 1.47 bits per heavy atom. The molecular formula is C16H24N2O. The third-order valence-electron chi connectivity index (χ3n) is 3.90. The number of aryl methyl sites for hydroxylation is 1. The summed E-state index contributed by atoms with van der Waals surface area (Å²) in [7, 11) is 0. The van der Waals surface area contributed by atoms with Crippen LogP contribution in [0.2, 0.25) is 0 Å². The monoisotopic (exact) mass is 260 g/mol. The Morgan fingerprint density at radius 3 is 3.05 bits per heavy atom. The highest BCUT2D eigenvalue weighted by Gasteiger charge is 2.20. The molecule has 0 aromatic heterocycles. The molecular weight excluding hydrogens is 236 g/mol. The second kappa shape index (κ2) is 6.71. The smallest absolute Gasteiger partial charge is 0.224 e. The van der Waals surface area contributed by atoms with Crippen LogP contribution in [0.1, 0.15) is 30.9 Å². The molecule has 0 saturated carbocycles. The van der Waals surface area contributed by atoms with Gasteiger partial charge in [0.25, 0.3) is 0 Å². The summed E-state index contributed by atoms with van der Waals surface area (Å²) in [6, 6.07) is 8.56. The van der Waals surface area contributed by atoms with Gasteiger partial charge in [0, 0.05) is 12.6 Å². The number of nitrogens with one attached hydrogen (secondary N) is 2. The summed E-state index contributed by atoms with van der Waals surface area (Å²) in [6.07, 6.45) is 2.98. The molecule has 1 aliphatic rings. The summed E-state index contributed by atoms with van der Waals surface area (Å²) in [4.78, 5) is 11.9. The van der Waals surface area contributed by atoms with Crippen molar-refractivity contribution >= 4 is 5.91 Å². The predicted octanol–water partition coefficient (Wildman–Crippen LogP) is 2.04. The van der Waals surface area contributed by atoms with Crippen LogP contribution in [0.5, 0.6) is 0 Å². The molecule has 3 heteroatoms. The maximum absolute atomic E-state index is 11.9. The van der Waals surface area contributed by atoms with Crippen molar-refractivity contribution in [1.82, 2.24) is 10.6 Å². The fourth-order valence-corrected chi connectivity index (χ4v) is 2.68. The standard InChI is InChI=1S/C16H24N2O/c1-12-5-3-7-14(9-12)10-16(19)18-11-15-13(2)6-4-8-17-15/h3,5,7,9,13,15,17H,4,6,8,10-11H2,1-2H3,(H,18,19)/t13-,15-/m1/s1. The van der Waals surface area contributed by atoms with E-state index in [-0.39, 0.29) is 5.91 Å². The molecule has 0 radical (unpaired) electrons. The average Bonchev–Trinajstić information content (AvgIpc) is 2.38. The number of piperidine rings is 1. The molecule has 2 rings (SSSR count). The van der Waals surface area contributed by atoms with Gasteiger partial charge < -0.3 is 10.6 Å². The van der Waals surface area contributed by atoms with Gasteiger partial charge >= 0.3 is 0 Å². The molecule has 0 unspecified atom stereocenters. The van der Waals surface area contributed by atoms with Crippen LogP contribution >= 0.6 is 0 Å². The lowest BCUT2D eigenvalue weighted by molar-refractivity contribution is -0.120. The molecule has 19 heavy (non-hydrogen) atoms. The van der Waals surface area contributed by atoms with Crippen LogP contribution in [0.3, 0.4) is 0 Å². The van der Waals surface area contributed by atoms with Gasteiger partial charge in [0.15, 0.2) is 0 Å². The van der Waals surface area contributed by atoms with Crippen molar-refractivity contribution in [2.75, 3.05) is 13.1 Å². The summed E-state index contributed by atoms with van der Waals surface area (Å²) in [5.41, 5.74) is 2.29. The van der Waals surface area contributed by atoms with Gasteiger partial charge in [0.05, 0.1) is 6.42 Å². The zero-order valence-corrected chi connectivity index (χ0v) is 11.9. The second-order valence-corrected chi connectivity index (χ2v) is 5.65. The van der Waals surface area contributed by atoms with E-state index in [1.165, 1.54) is 18.4 Å². The Bertz CT molecular complexity index is 431. The van der Waals surface area contributed by atoms with Crippen molar-refractivity contribution < 1.29 is 4.79 Å². The van der Waals surface area contributed by atoms with Crippen molar-refractivity contribution in [3.63, 3.8) is 0 Å². The van der Waals surface area contributed by atoms with E-state index >= 15 is 0 Å². The first-order valence-corrected chi connectivity index (χ1v) is 7.21. The average molecular weight is 260 g/mol. The Labute approximate surface area is 115 Å². The molecule has 1 saturated heterocycles. The topological polar surface area (TPSA) is 41.1 Å². The van der Waals surface area contributed by atoms with Gasteiger partial charge in [-0.2, -0.15) is 0 Å². The van der Waals surface area contributed by atoms with E-state index in [2.05, 4.69) is 36.6 Å². The van der Waals surface area contributed by atoms with Gasteiger partial charge in [-0.15, -0.1) is 0 Å². The predicted molar refractivity (Wildman–Crippen MR) is 78.1 cm³/mol. The van der Waals surface area contributed by atoms with E-state index in [9.17, 15) is 4.79 Å². The third-order valence-corrected chi connectivity index (χ3v) is 3.90. The molecule has 1 amide bonds. The maximum atomic E-state index is 11.9. The van der Waals surface area contributed by atoms with E-state index in [0.29, 0.717) is 18.4 Å². The van der Waals surface area contributed by atoms with Gasteiger partial charge in [-0.05, 0) is 37.8 Å². The number of carbonyl (C=O) groups is 1. The van der Waals surface area contributed by atoms with Gasteiger partial charge in [0.2, 0.25) is 5.91 Å². The molecule has 1 aliphatic heterocycles. The maximum Gasteiger partial charge on any atom is 0.224 e. The lowest BCUT2D eigenvalue weighted by Crippen LogP contribution is -2.48. The molecule has 2 N–H and O–H groups in total. The Kier molecular flexibility index (Phi) is 4.97. The normalized spacial score (nSPS) is 23.1. The van der Waals surface area contributed by atoms with Crippen LogP contribution in [0.25, 0.3) is 0 Å². The van der Waals surface area contributed by atoms with Crippen molar-refractivity contribution in [2.45, 2.75) is 39.2 Å². The Morgan fingerprint density at radius 2 is 2.32 bits per heavy atom. The highest BCUT2D eigenvalue weighted by atomic mass is 16.1. The fourth-order valence-electron chi connectivity index (χ4n) is 2.68. The molecule has 0 spiro atoms. The summed E-state index contributed by atoms with van der Waals surface area (Å²) < 4.78 is 0. The summed E-state index contributed by atoms with van der Waals surface area (Å²) >= 11 is 0. The Hall–Kier alpha value is -1.35. The van der Waals surface area contributed by atoms with Gasteiger partial charge in [0.1, 0.15) is 0 Å². The Balaban J connectivity index is 1.78. The summed E-state index contributed by atoms with van der Waals surface area (Å²) in [5, 5.41) is 6.53. The van der Waals surface area contributed by atoms with Crippen LogP contribution in [0, 0.1) is 12.8 Å². The molecule has 2 atom stereocenters. The number of hydrogen-bond acceptors (Lipinski definition) is 2. The molecule has 0 bridgehead atoms. The van der Waals surface area contributed by atoms with Crippen LogP contribution in [0.15, 0.2) is 24.3 Å². The number of benzene rings is 1. The van der Waals surface area contributed by atoms with E-state index < -0.39 is 0 Å². The second-order valence-electron chi connectivity index (χ2n) is 5.65. The van der Waals surface area contributed by atoms with Gasteiger partial charge in [-0.3, -0.25) is 4.79 Å². The molecule has 3 nitrogen and oxygen atoms in total. The molecule has 1 fully saturated rings. The number of hydrogen-bond donors (Lipinski definition) is 2. The summed E-state index contributed by atoms with van der Waals surface area (Å²) in [6.45, 7) is 6.12. The third kappa shape index (κ3) is 4.35. The van der Waals surface area contributed by atoms with Crippen LogP contribution in [-0.4, -0.2) is 25.0 Å². The lowest BCUT2D eigenvalue weighted by Gasteiger charge is -2.30. The van der Waals surface area contributed by atoms with E-state index in [1.807, 2.05) is 12.1 Å². The van der Waals surface area contributed by atoms with Crippen LogP contribution in [-0.2, 0) is 11.2 Å². The molecule has 1 aromatic carbocycles. The van der Waals surface area contributed by atoms with E-state index in [1.54, 1.807) is 0 Å². The van der Waals surface area contributed by atoms with E-state index in [4.69, 9.17) is 0 Å². The quantitative estimate of drug-likeness (QED) is 0.870. The molecule has 0 aliphatic carbocycles. The number of carbonyl (C=O) groups excluding carboxylic acids is 1. The first-order valence-electron chi connectivity index (χ1n) is 7.21. The molecule has 1 aromatic rings. The first kappa shape index (κ1) is 14.1. The van der Waals surface area contributed by atoms with Crippen LogP contribution in [0.4, 0.5) is 0 Å². The van der Waals surface area contributed by atoms with Crippen molar-refractivity contribution in [3.05, 3.63) is 35.4 Å². The van der Waals surface area contributed by atoms with Gasteiger partial charge in [-0.1, -0.05) is 36.8 Å². The van der Waals surface area contributed by atoms with Crippen molar-refractivity contribution in [1.29, 1.82) is 0 Å². The fraction of sp³-hybridized carbons (Fsp3) is 0.562. The number of rotatable bonds is 4.